The number of anilines is 2. The second kappa shape index (κ2) is 2.60. The van der Waals surface area contributed by atoms with Crippen LogP contribution < -0.4 is 11.1 Å². The molecule has 1 aromatic rings. The van der Waals surface area contributed by atoms with Crippen LogP contribution in [-0.2, 0) is 0 Å². The molecular weight excluding hydrogens is 124 g/mol. The van der Waals surface area contributed by atoms with Crippen molar-refractivity contribution in [3.05, 3.63) is 23.8 Å². The Morgan fingerprint density at radius 1 is 1.50 bits per heavy atom. The summed E-state index contributed by atoms with van der Waals surface area (Å²) in [6.45, 7) is 2.00. The molecule has 0 radical (unpaired) electrons. The zero-order valence-corrected chi connectivity index (χ0v) is 6.31. The Morgan fingerprint density at radius 3 is 2.70 bits per heavy atom. The quantitative estimate of drug-likeness (QED) is 0.581. The van der Waals surface area contributed by atoms with Crippen LogP contribution in [0.4, 0.5) is 11.4 Å². The van der Waals surface area contributed by atoms with Gasteiger partial charge in [0, 0.05) is 8.47 Å². The van der Waals surface area contributed by atoms with Gasteiger partial charge in [0.1, 0.15) is 0 Å². The molecule has 0 saturated heterocycles. The zero-order chi connectivity index (χ0) is 7.56. The van der Waals surface area contributed by atoms with Crippen molar-refractivity contribution in [2.24, 2.45) is 0 Å². The van der Waals surface area contributed by atoms with Crippen molar-refractivity contribution >= 4 is 11.4 Å². The van der Waals surface area contributed by atoms with Crippen LogP contribution >= 0.6 is 0 Å². The van der Waals surface area contributed by atoms with Gasteiger partial charge in [0.05, 0.1) is 11.4 Å². The van der Waals surface area contributed by atoms with Gasteiger partial charge in [-0.05, 0) is 18.6 Å². The molecule has 0 aromatic heterocycles. The standard InChI is InChI=1S/C8H12N2.H2/c1-6-4-3-5-7(10-2)8(6)9;/h3-5,10H,9H2,1-2H3;1H. The topological polar surface area (TPSA) is 38.0 Å². The van der Waals surface area contributed by atoms with E-state index in [9.17, 15) is 0 Å². The van der Waals surface area contributed by atoms with Gasteiger partial charge in [0.25, 0.3) is 0 Å². The first-order valence-electron chi connectivity index (χ1n) is 3.28. The maximum atomic E-state index is 5.73. The molecule has 0 spiro atoms. The summed E-state index contributed by atoms with van der Waals surface area (Å²) in [6, 6.07) is 5.94. The second-order valence-corrected chi connectivity index (χ2v) is 2.29. The van der Waals surface area contributed by atoms with Gasteiger partial charge in [-0.3, -0.25) is 0 Å². The molecule has 1 rings (SSSR count). The highest BCUT2D eigenvalue weighted by molar-refractivity contribution is 5.69. The third kappa shape index (κ3) is 1.05. The molecule has 0 bridgehead atoms. The molecular formula is C8H14N2. The number of benzene rings is 1. The first-order valence-corrected chi connectivity index (χ1v) is 3.28. The van der Waals surface area contributed by atoms with Gasteiger partial charge in [-0.2, -0.15) is 0 Å². The summed E-state index contributed by atoms with van der Waals surface area (Å²) in [5.41, 5.74) is 8.69. The predicted molar refractivity (Wildman–Crippen MR) is 47.3 cm³/mol. The summed E-state index contributed by atoms with van der Waals surface area (Å²) in [4.78, 5) is 0. The molecule has 56 valence electrons. The van der Waals surface area contributed by atoms with Crippen LogP contribution in [0, 0.1) is 6.92 Å². The smallest absolute Gasteiger partial charge is 0.0579 e. The summed E-state index contributed by atoms with van der Waals surface area (Å²) in [7, 11) is 1.87. The molecule has 0 saturated carbocycles. The molecule has 0 amide bonds. The first-order chi connectivity index (χ1) is 4.75. The lowest BCUT2D eigenvalue weighted by Crippen LogP contribution is -1.96. The van der Waals surface area contributed by atoms with Crippen molar-refractivity contribution in [2.75, 3.05) is 18.1 Å². The molecule has 0 atom stereocenters. The van der Waals surface area contributed by atoms with Crippen LogP contribution in [0.5, 0.6) is 0 Å². The van der Waals surface area contributed by atoms with Gasteiger partial charge in [0.2, 0.25) is 0 Å². The third-order valence-electron chi connectivity index (χ3n) is 1.59. The van der Waals surface area contributed by atoms with E-state index >= 15 is 0 Å². The number of hydrogen-bond donors (Lipinski definition) is 2. The van der Waals surface area contributed by atoms with Crippen LogP contribution in [0.15, 0.2) is 18.2 Å². The monoisotopic (exact) mass is 138 g/mol. The highest BCUT2D eigenvalue weighted by Crippen LogP contribution is 2.20. The van der Waals surface area contributed by atoms with E-state index in [4.69, 9.17) is 5.73 Å². The lowest BCUT2D eigenvalue weighted by molar-refractivity contribution is 1.43. The van der Waals surface area contributed by atoms with Crippen LogP contribution in [0.1, 0.15) is 6.99 Å². The van der Waals surface area contributed by atoms with Crippen LogP contribution in [0.3, 0.4) is 0 Å². The number of nitrogen functional groups attached to an aromatic ring is 1. The zero-order valence-electron chi connectivity index (χ0n) is 6.31. The summed E-state index contributed by atoms with van der Waals surface area (Å²) in [5.74, 6) is 0. The summed E-state index contributed by atoms with van der Waals surface area (Å²) >= 11 is 0. The highest BCUT2D eigenvalue weighted by atomic mass is 14.8. The Hall–Kier alpha value is -1.18. The number of aryl methyl sites for hydroxylation is 1. The van der Waals surface area contributed by atoms with Crippen molar-refractivity contribution in [1.29, 1.82) is 0 Å². The molecule has 0 aliphatic carbocycles. The Labute approximate surface area is 62.5 Å². The number of rotatable bonds is 1. The molecule has 0 heterocycles. The van der Waals surface area contributed by atoms with Crippen molar-refractivity contribution in [3.63, 3.8) is 0 Å². The molecule has 1 aromatic carbocycles. The van der Waals surface area contributed by atoms with Crippen molar-refractivity contribution in [3.8, 4) is 0 Å². The van der Waals surface area contributed by atoms with Gasteiger partial charge in [0.15, 0.2) is 0 Å². The molecule has 0 aliphatic rings. The van der Waals surface area contributed by atoms with E-state index in [0.717, 1.165) is 16.9 Å². The van der Waals surface area contributed by atoms with Crippen LogP contribution in [0.25, 0.3) is 0 Å². The molecule has 0 unspecified atom stereocenters. The van der Waals surface area contributed by atoms with Gasteiger partial charge in [-0.15, -0.1) is 0 Å². The second-order valence-electron chi connectivity index (χ2n) is 2.29. The minimum Gasteiger partial charge on any atom is -0.397 e. The molecule has 10 heavy (non-hydrogen) atoms. The van der Waals surface area contributed by atoms with Crippen molar-refractivity contribution in [2.45, 2.75) is 6.92 Å². The summed E-state index contributed by atoms with van der Waals surface area (Å²) in [6.07, 6.45) is 0. The fourth-order valence-electron chi connectivity index (χ4n) is 0.899. The fraction of sp³-hybridized carbons (Fsp3) is 0.250. The summed E-state index contributed by atoms with van der Waals surface area (Å²) < 4.78 is 0. The maximum absolute atomic E-state index is 5.73. The maximum Gasteiger partial charge on any atom is 0.0579 e. The molecule has 3 N–H and O–H groups in total. The van der Waals surface area contributed by atoms with E-state index in [2.05, 4.69) is 5.32 Å². The number of nitrogens with one attached hydrogen (secondary N) is 1. The van der Waals surface area contributed by atoms with Gasteiger partial charge < -0.3 is 11.1 Å². The Balaban J connectivity index is 0.000001000. The Bertz CT molecular complexity index is 236. The van der Waals surface area contributed by atoms with E-state index in [1.54, 1.807) is 0 Å². The Kier molecular flexibility index (Phi) is 1.81. The molecule has 2 heteroatoms. The largest absolute Gasteiger partial charge is 0.397 e. The molecule has 0 fully saturated rings. The Morgan fingerprint density at radius 2 is 2.20 bits per heavy atom. The normalized spacial score (nSPS) is 9.40. The number of para-hydroxylation sites is 1. The van der Waals surface area contributed by atoms with Gasteiger partial charge in [-0.25, -0.2) is 0 Å². The highest BCUT2D eigenvalue weighted by Gasteiger charge is 1.96. The minimum atomic E-state index is 0. The van der Waals surface area contributed by atoms with E-state index in [1.807, 2.05) is 32.2 Å². The number of hydrogen-bond acceptors (Lipinski definition) is 2. The van der Waals surface area contributed by atoms with Crippen molar-refractivity contribution in [1.82, 2.24) is 0 Å². The van der Waals surface area contributed by atoms with Gasteiger partial charge in [-0.1, -0.05) is 12.1 Å². The van der Waals surface area contributed by atoms with Crippen molar-refractivity contribution < 1.29 is 1.43 Å². The number of nitrogens with two attached hydrogens (primary N) is 1. The van der Waals surface area contributed by atoms with Crippen LogP contribution in [-0.4, -0.2) is 7.05 Å². The summed E-state index contributed by atoms with van der Waals surface area (Å²) in [5, 5.41) is 3.01. The molecule has 2 nitrogen and oxygen atoms in total. The molecule has 0 aliphatic heterocycles. The minimum absolute atomic E-state index is 0. The SMILES string of the molecule is CNc1cccc(C)c1N.[HH]. The van der Waals surface area contributed by atoms with E-state index < -0.39 is 0 Å². The van der Waals surface area contributed by atoms with Gasteiger partial charge >= 0.3 is 0 Å². The first kappa shape index (κ1) is 6.93. The third-order valence-corrected chi connectivity index (χ3v) is 1.59. The lowest BCUT2D eigenvalue weighted by atomic mass is 10.2. The fourth-order valence-corrected chi connectivity index (χ4v) is 0.899. The van der Waals surface area contributed by atoms with E-state index in [-0.39, 0.29) is 1.43 Å². The van der Waals surface area contributed by atoms with Crippen LogP contribution in [0.2, 0.25) is 0 Å². The van der Waals surface area contributed by atoms with E-state index in [0.29, 0.717) is 0 Å². The van der Waals surface area contributed by atoms with E-state index in [1.165, 1.54) is 0 Å². The average Bonchev–Trinajstić information content (AvgIpc) is 1.95. The lowest BCUT2D eigenvalue weighted by Gasteiger charge is -2.05. The average molecular weight is 138 g/mol. The predicted octanol–water partition coefficient (Wildman–Crippen LogP) is 1.86.